The van der Waals surface area contributed by atoms with Crippen LogP contribution in [0.1, 0.15) is 62.6 Å². The summed E-state index contributed by atoms with van der Waals surface area (Å²) >= 11 is 0. The zero-order valence-corrected chi connectivity index (χ0v) is 20.6. The minimum Gasteiger partial charge on any atom is -0.425 e. The second-order valence-electron chi connectivity index (χ2n) is 9.61. The van der Waals surface area contributed by atoms with Gasteiger partial charge in [-0.15, -0.1) is 0 Å². The molecule has 1 aromatic carbocycles. The molecule has 0 saturated heterocycles. The molecule has 0 amide bonds. The first-order valence-corrected chi connectivity index (χ1v) is 12.8. The summed E-state index contributed by atoms with van der Waals surface area (Å²) in [6.45, 7) is 1.80. The number of esters is 1. The van der Waals surface area contributed by atoms with Gasteiger partial charge in [0.05, 0.1) is 24.0 Å². The van der Waals surface area contributed by atoms with Crippen LogP contribution in [0.2, 0.25) is 0 Å². The normalized spacial score (nSPS) is 23.0. The molecular formula is C29H39NO5. The van der Waals surface area contributed by atoms with Gasteiger partial charge in [0.2, 0.25) is 0 Å². The van der Waals surface area contributed by atoms with Gasteiger partial charge in [-0.2, -0.15) is 0 Å². The van der Waals surface area contributed by atoms with Crippen LogP contribution in [0.25, 0.3) is 0 Å². The maximum absolute atomic E-state index is 12.0. The molecule has 1 heterocycles. The van der Waals surface area contributed by atoms with Crippen LogP contribution in [-0.2, 0) is 11.2 Å². The Morgan fingerprint density at radius 1 is 1.09 bits per heavy atom. The lowest BCUT2D eigenvalue weighted by atomic mass is 9.85. The van der Waals surface area contributed by atoms with E-state index in [1.807, 2.05) is 30.4 Å². The van der Waals surface area contributed by atoms with Gasteiger partial charge in [0, 0.05) is 12.6 Å². The molecule has 1 aromatic heterocycles. The van der Waals surface area contributed by atoms with Crippen molar-refractivity contribution < 1.29 is 24.9 Å². The van der Waals surface area contributed by atoms with E-state index in [0.717, 1.165) is 12.8 Å². The number of pyridine rings is 1. The maximum atomic E-state index is 12.0. The molecule has 1 aliphatic carbocycles. The maximum Gasteiger partial charge on any atom is 0.311 e. The molecule has 6 heteroatoms. The lowest BCUT2D eigenvalue weighted by Crippen LogP contribution is -2.23. The van der Waals surface area contributed by atoms with Crippen LogP contribution in [0.5, 0.6) is 5.75 Å². The molecule has 1 unspecified atom stereocenters. The van der Waals surface area contributed by atoms with Crippen molar-refractivity contribution in [1.82, 2.24) is 4.98 Å². The molecule has 2 aromatic rings. The first-order valence-electron chi connectivity index (χ1n) is 12.8. The van der Waals surface area contributed by atoms with E-state index in [0.29, 0.717) is 56.4 Å². The average Bonchev–Trinajstić information content (AvgIpc) is 3.12. The largest absolute Gasteiger partial charge is 0.425 e. The highest BCUT2D eigenvalue weighted by Gasteiger charge is 2.40. The van der Waals surface area contributed by atoms with Crippen LogP contribution in [-0.4, -0.2) is 44.6 Å². The van der Waals surface area contributed by atoms with Crippen molar-refractivity contribution in [3.8, 4) is 5.75 Å². The van der Waals surface area contributed by atoms with E-state index in [9.17, 15) is 20.1 Å². The fourth-order valence-electron chi connectivity index (χ4n) is 4.90. The third-order valence-electron chi connectivity index (χ3n) is 6.97. The molecule has 0 bridgehead atoms. The Morgan fingerprint density at radius 2 is 1.86 bits per heavy atom. The number of ether oxygens (including phenoxy) is 1. The van der Waals surface area contributed by atoms with Crippen molar-refractivity contribution in [2.24, 2.45) is 11.8 Å². The number of allylic oxidation sites excluding steroid dienone is 2. The average molecular weight is 482 g/mol. The van der Waals surface area contributed by atoms with Gasteiger partial charge >= 0.3 is 5.97 Å². The Hall–Kier alpha value is -2.54. The first-order chi connectivity index (χ1) is 16.9. The summed E-state index contributed by atoms with van der Waals surface area (Å²) in [7, 11) is 0. The predicted octanol–water partition coefficient (Wildman–Crippen LogP) is 4.54. The van der Waals surface area contributed by atoms with E-state index in [2.05, 4.69) is 17.1 Å². The number of carbonyl (C=O) groups excluding carboxylic acids is 1. The Morgan fingerprint density at radius 3 is 2.63 bits per heavy atom. The molecular weight excluding hydrogens is 442 g/mol. The zero-order valence-electron chi connectivity index (χ0n) is 20.6. The number of hydrogen-bond donors (Lipinski definition) is 3. The van der Waals surface area contributed by atoms with Gasteiger partial charge in [-0.25, -0.2) is 0 Å². The second-order valence-corrected chi connectivity index (χ2v) is 9.61. The molecule has 0 aliphatic heterocycles. The monoisotopic (exact) mass is 481 g/mol. The van der Waals surface area contributed by atoms with Gasteiger partial charge in [-0.3, -0.25) is 9.78 Å². The number of hydrogen-bond acceptors (Lipinski definition) is 6. The second kappa shape index (κ2) is 14.1. The summed E-state index contributed by atoms with van der Waals surface area (Å²) in [5.74, 6) is 0.201. The minimum atomic E-state index is -0.532. The lowest BCUT2D eigenvalue weighted by Gasteiger charge is -2.23. The van der Waals surface area contributed by atoms with E-state index < -0.39 is 18.3 Å². The first kappa shape index (κ1) is 27.1. The number of aliphatic hydroxyl groups excluding tert-OH is 3. The summed E-state index contributed by atoms with van der Waals surface area (Å²) in [4.78, 5) is 16.1. The van der Waals surface area contributed by atoms with Crippen molar-refractivity contribution in [3.63, 3.8) is 0 Å². The van der Waals surface area contributed by atoms with Crippen LogP contribution in [0.3, 0.4) is 0 Å². The fourth-order valence-corrected chi connectivity index (χ4v) is 4.90. The molecule has 35 heavy (non-hydrogen) atoms. The summed E-state index contributed by atoms with van der Waals surface area (Å²) in [6.07, 6.45) is 9.95. The van der Waals surface area contributed by atoms with Gasteiger partial charge in [0.25, 0.3) is 0 Å². The van der Waals surface area contributed by atoms with E-state index >= 15 is 0 Å². The summed E-state index contributed by atoms with van der Waals surface area (Å²) in [5.41, 5.74) is 1.91. The Balaban J connectivity index is 1.36. The number of unbranched alkanes of at least 4 members (excludes halogenated alkanes) is 1. The third-order valence-corrected chi connectivity index (χ3v) is 6.97. The number of carbonyl (C=O) groups is 1. The molecule has 1 saturated carbocycles. The summed E-state index contributed by atoms with van der Waals surface area (Å²) in [6, 6.07) is 13.6. The van der Waals surface area contributed by atoms with Crippen molar-refractivity contribution in [3.05, 3.63) is 72.1 Å². The SMILES string of the molecule is Cc1ncccc1OC(=O)CCC/C=C\C[C@@H]1[C@@H](CCC(O)CCc2ccccc2)[C@H](O)C[C@@H]1O. The highest BCUT2D eigenvalue weighted by Crippen LogP contribution is 2.38. The molecule has 0 radical (unpaired) electrons. The van der Waals surface area contributed by atoms with Crippen LogP contribution in [0.15, 0.2) is 60.8 Å². The van der Waals surface area contributed by atoms with Gasteiger partial charge in [-0.05, 0) is 87.8 Å². The number of aromatic nitrogens is 1. The van der Waals surface area contributed by atoms with Crippen molar-refractivity contribution in [2.75, 3.05) is 0 Å². The molecule has 5 atom stereocenters. The summed E-state index contributed by atoms with van der Waals surface area (Å²) < 4.78 is 5.35. The zero-order chi connectivity index (χ0) is 25.0. The van der Waals surface area contributed by atoms with Crippen LogP contribution >= 0.6 is 0 Å². The fraction of sp³-hybridized carbons (Fsp3) is 0.517. The smallest absolute Gasteiger partial charge is 0.311 e. The Kier molecular flexibility index (Phi) is 10.9. The van der Waals surface area contributed by atoms with Crippen LogP contribution < -0.4 is 4.74 Å². The van der Waals surface area contributed by atoms with Crippen molar-refractivity contribution >= 4 is 5.97 Å². The van der Waals surface area contributed by atoms with E-state index in [1.54, 1.807) is 25.3 Å². The number of nitrogens with zero attached hydrogens (tertiary/aromatic N) is 1. The summed E-state index contributed by atoms with van der Waals surface area (Å²) in [5, 5.41) is 31.4. The van der Waals surface area contributed by atoms with Crippen LogP contribution in [0.4, 0.5) is 0 Å². The molecule has 190 valence electrons. The molecule has 0 spiro atoms. The van der Waals surface area contributed by atoms with Crippen molar-refractivity contribution in [1.29, 1.82) is 0 Å². The molecule has 1 fully saturated rings. The molecule has 1 aliphatic rings. The lowest BCUT2D eigenvalue weighted by molar-refractivity contribution is -0.134. The third kappa shape index (κ3) is 8.88. The number of rotatable bonds is 13. The highest BCUT2D eigenvalue weighted by atomic mass is 16.5. The number of benzene rings is 1. The standard InChI is InChI=1S/C29H39NO5/c1-21-28(13-9-19-30-21)35-29(34)14-8-3-2-7-12-24-25(27(33)20-26(24)32)18-17-23(31)16-15-22-10-5-4-6-11-22/h2,4-7,9-11,13,19,23-27,31-33H,3,8,12,14-18,20H2,1H3/b7-2-/t23?,24-,25-,26+,27-/m1/s1. The van der Waals surface area contributed by atoms with Crippen LogP contribution in [0, 0.1) is 18.8 Å². The topological polar surface area (TPSA) is 99.9 Å². The minimum absolute atomic E-state index is 0.0129. The van der Waals surface area contributed by atoms with Gasteiger partial charge in [-0.1, -0.05) is 42.5 Å². The predicted molar refractivity (Wildman–Crippen MR) is 136 cm³/mol. The van der Waals surface area contributed by atoms with E-state index in [4.69, 9.17) is 4.74 Å². The van der Waals surface area contributed by atoms with E-state index in [-0.39, 0.29) is 17.8 Å². The van der Waals surface area contributed by atoms with Gasteiger partial charge in [0.15, 0.2) is 5.75 Å². The Labute approximate surface area is 208 Å². The quantitative estimate of drug-likeness (QED) is 0.221. The van der Waals surface area contributed by atoms with Crippen molar-refractivity contribution in [2.45, 2.75) is 83.0 Å². The van der Waals surface area contributed by atoms with Gasteiger partial charge < -0.3 is 20.1 Å². The highest BCUT2D eigenvalue weighted by molar-refractivity contribution is 5.72. The molecule has 6 nitrogen and oxygen atoms in total. The molecule has 3 rings (SSSR count). The van der Waals surface area contributed by atoms with Gasteiger partial charge in [0.1, 0.15) is 0 Å². The number of aryl methyl sites for hydroxylation is 2. The number of aliphatic hydroxyl groups is 3. The molecule has 3 N–H and O–H groups in total. The Bertz CT molecular complexity index is 932. The van der Waals surface area contributed by atoms with E-state index in [1.165, 1.54) is 5.56 Å².